The summed E-state index contributed by atoms with van der Waals surface area (Å²) < 4.78 is 5.74. The lowest BCUT2D eigenvalue weighted by Crippen LogP contribution is -2.14. The van der Waals surface area contributed by atoms with Crippen molar-refractivity contribution in [2.24, 2.45) is 5.73 Å². The summed E-state index contributed by atoms with van der Waals surface area (Å²) in [7, 11) is 0. The van der Waals surface area contributed by atoms with Crippen molar-refractivity contribution in [3.05, 3.63) is 46.8 Å². The summed E-state index contributed by atoms with van der Waals surface area (Å²) in [5.74, 6) is 0.645. The number of benzene rings is 1. The van der Waals surface area contributed by atoms with Crippen molar-refractivity contribution in [2.75, 3.05) is 0 Å². The summed E-state index contributed by atoms with van der Waals surface area (Å²) >= 11 is 0. The number of amidine groups is 1. The Morgan fingerprint density at radius 1 is 1.14 bits per heavy atom. The van der Waals surface area contributed by atoms with Gasteiger partial charge in [-0.3, -0.25) is 5.41 Å². The standard InChI is InChI=1S/C16H18N4O/c1-10-8-14(15(17)18)20-16(19-10)21-13-7-6-11-4-2-3-5-12(11)9-13/h6-9H,2-5H2,1H3,(H3,17,18). The quantitative estimate of drug-likeness (QED) is 0.669. The van der Waals surface area contributed by atoms with Gasteiger partial charge in [-0.15, -0.1) is 0 Å². The SMILES string of the molecule is Cc1cc(C(=N)N)nc(Oc2ccc3c(c2)CCCC3)n1. The van der Waals surface area contributed by atoms with E-state index < -0.39 is 0 Å². The number of ether oxygens (including phenoxy) is 1. The zero-order valence-electron chi connectivity index (χ0n) is 12.0. The molecule has 0 unspecified atom stereocenters. The maximum Gasteiger partial charge on any atom is 0.322 e. The van der Waals surface area contributed by atoms with Crippen molar-refractivity contribution < 1.29 is 4.74 Å². The molecule has 0 spiro atoms. The fourth-order valence-corrected chi connectivity index (χ4v) is 2.60. The first-order valence-electron chi connectivity index (χ1n) is 7.11. The minimum atomic E-state index is -0.0872. The Bertz CT molecular complexity index is 697. The van der Waals surface area contributed by atoms with E-state index in [1.807, 2.05) is 13.0 Å². The Kier molecular flexibility index (Phi) is 3.56. The lowest BCUT2D eigenvalue weighted by molar-refractivity contribution is 0.438. The maximum atomic E-state index is 7.46. The van der Waals surface area contributed by atoms with Crippen LogP contribution in [0.3, 0.4) is 0 Å². The van der Waals surface area contributed by atoms with E-state index in [4.69, 9.17) is 15.9 Å². The molecule has 2 aromatic rings. The third kappa shape index (κ3) is 3.02. The van der Waals surface area contributed by atoms with Crippen molar-refractivity contribution in [2.45, 2.75) is 32.6 Å². The number of fused-ring (bicyclic) bond motifs is 1. The molecule has 3 rings (SSSR count). The normalized spacial score (nSPS) is 13.6. The van der Waals surface area contributed by atoms with Crippen molar-refractivity contribution in [1.29, 1.82) is 5.41 Å². The molecule has 0 saturated carbocycles. The Morgan fingerprint density at radius 2 is 1.90 bits per heavy atom. The number of rotatable bonds is 3. The molecule has 5 nitrogen and oxygen atoms in total. The van der Waals surface area contributed by atoms with Crippen LogP contribution in [0.1, 0.15) is 35.4 Å². The number of aryl methyl sites for hydroxylation is 3. The van der Waals surface area contributed by atoms with Gasteiger partial charge in [-0.05, 0) is 61.9 Å². The van der Waals surface area contributed by atoms with Gasteiger partial charge in [0.2, 0.25) is 0 Å². The van der Waals surface area contributed by atoms with Gasteiger partial charge < -0.3 is 10.5 Å². The summed E-state index contributed by atoms with van der Waals surface area (Å²) in [6.07, 6.45) is 4.73. The fourth-order valence-electron chi connectivity index (χ4n) is 2.60. The zero-order chi connectivity index (χ0) is 14.8. The second-order valence-electron chi connectivity index (χ2n) is 5.33. The van der Waals surface area contributed by atoms with Crippen molar-refractivity contribution in [1.82, 2.24) is 9.97 Å². The highest BCUT2D eigenvalue weighted by Crippen LogP contribution is 2.27. The molecule has 0 atom stereocenters. The first-order valence-corrected chi connectivity index (χ1v) is 7.11. The first kappa shape index (κ1) is 13.5. The van der Waals surface area contributed by atoms with Crippen LogP contribution in [0.5, 0.6) is 11.8 Å². The highest BCUT2D eigenvalue weighted by molar-refractivity contribution is 5.93. The van der Waals surface area contributed by atoms with Crippen molar-refractivity contribution >= 4 is 5.84 Å². The molecule has 0 bridgehead atoms. The molecular formula is C16H18N4O. The van der Waals surface area contributed by atoms with Crippen LogP contribution < -0.4 is 10.5 Å². The number of nitrogens with one attached hydrogen (secondary N) is 1. The number of nitrogen functional groups attached to an aromatic ring is 1. The van der Waals surface area contributed by atoms with E-state index in [-0.39, 0.29) is 11.8 Å². The molecule has 21 heavy (non-hydrogen) atoms. The Labute approximate surface area is 123 Å². The van der Waals surface area contributed by atoms with Gasteiger partial charge in [-0.25, -0.2) is 4.98 Å². The smallest absolute Gasteiger partial charge is 0.322 e. The third-order valence-corrected chi connectivity index (χ3v) is 3.64. The lowest BCUT2D eigenvalue weighted by Gasteiger charge is -2.16. The van der Waals surface area contributed by atoms with Gasteiger partial charge in [0.15, 0.2) is 0 Å². The Balaban J connectivity index is 1.88. The van der Waals surface area contributed by atoms with Crippen molar-refractivity contribution in [3.63, 3.8) is 0 Å². The molecule has 1 heterocycles. The van der Waals surface area contributed by atoms with E-state index in [2.05, 4.69) is 22.1 Å². The first-order chi connectivity index (χ1) is 10.1. The van der Waals surface area contributed by atoms with E-state index in [9.17, 15) is 0 Å². The van der Waals surface area contributed by atoms with Crippen LogP contribution in [0.25, 0.3) is 0 Å². The molecule has 0 saturated heterocycles. The van der Waals surface area contributed by atoms with Gasteiger partial charge in [-0.2, -0.15) is 4.98 Å². The molecule has 0 radical (unpaired) electrons. The highest BCUT2D eigenvalue weighted by Gasteiger charge is 2.12. The molecule has 0 amide bonds. The summed E-state index contributed by atoms with van der Waals surface area (Å²) in [4.78, 5) is 8.40. The van der Waals surface area contributed by atoms with Gasteiger partial charge in [0.1, 0.15) is 17.3 Å². The Hall–Kier alpha value is -2.43. The van der Waals surface area contributed by atoms with E-state index in [1.54, 1.807) is 6.07 Å². The fraction of sp³-hybridized carbons (Fsp3) is 0.312. The monoisotopic (exact) mass is 282 g/mol. The van der Waals surface area contributed by atoms with E-state index in [0.717, 1.165) is 24.3 Å². The molecule has 5 heteroatoms. The number of aromatic nitrogens is 2. The average molecular weight is 282 g/mol. The van der Waals surface area contributed by atoms with Crippen LogP contribution in [-0.4, -0.2) is 15.8 Å². The predicted octanol–water partition coefficient (Wildman–Crippen LogP) is 2.74. The maximum absolute atomic E-state index is 7.46. The van der Waals surface area contributed by atoms with Gasteiger partial charge in [0, 0.05) is 5.69 Å². The van der Waals surface area contributed by atoms with Gasteiger partial charge >= 0.3 is 6.01 Å². The van der Waals surface area contributed by atoms with Gasteiger partial charge in [-0.1, -0.05) is 6.07 Å². The van der Waals surface area contributed by atoms with Crippen LogP contribution in [0.15, 0.2) is 24.3 Å². The molecule has 0 fully saturated rings. The lowest BCUT2D eigenvalue weighted by atomic mass is 9.92. The van der Waals surface area contributed by atoms with E-state index in [1.165, 1.54) is 24.0 Å². The van der Waals surface area contributed by atoms with Gasteiger partial charge in [0.05, 0.1) is 0 Å². The third-order valence-electron chi connectivity index (χ3n) is 3.64. The highest BCUT2D eigenvalue weighted by atomic mass is 16.5. The number of hydrogen-bond acceptors (Lipinski definition) is 4. The summed E-state index contributed by atoms with van der Waals surface area (Å²) in [5, 5.41) is 7.46. The van der Waals surface area contributed by atoms with Crippen LogP contribution in [-0.2, 0) is 12.8 Å². The molecular weight excluding hydrogens is 264 g/mol. The molecule has 1 aromatic heterocycles. The van der Waals surface area contributed by atoms with Crippen molar-refractivity contribution in [3.8, 4) is 11.8 Å². The number of hydrogen-bond donors (Lipinski definition) is 2. The number of nitrogens with zero attached hydrogens (tertiary/aromatic N) is 2. The summed E-state index contributed by atoms with van der Waals surface area (Å²) in [6, 6.07) is 8.03. The molecule has 108 valence electrons. The summed E-state index contributed by atoms with van der Waals surface area (Å²) in [6.45, 7) is 1.83. The molecule has 1 aromatic carbocycles. The minimum Gasteiger partial charge on any atom is -0.424 e. The minimum absolute atomic E-state index is 0.0872. The van der Waals surface area contributed by atoms with Crippen LogP contribution >= 0.6 is 0 Å². The second kappa shape index (κ2) is 5.52. The molecule has 1 aliphatic carbocycles. The zero-order valence-corrected chi connectivity index (χ0v) is 12.0. The van der Waals surface area contributed by atoms with Crippen LogP contribution in [0, 0.1) is 12.3 Å². The van der Waals surface area contributed by atoms with E-state index >= 15 is 0 Å². The van der Waals surface area contributed by atoms with Crippen LogP contribution in [0.2, 0.25) is 0 Å². The topological polar surface area (TPSA) is 84.9 Å². The summed E-state index contributed by atoms with van der Waals surface area (Å²) in [5.41, 5.74) is 9.33. The van der Waals surface area contributed by atoms with Crippen LogP contribution in [0.4, 0.5) is 0 Å². The number of nitrogens with two attached hydrogens (primary N) is 1. The molecule has 1 aliphatic rings. The predicted molar refractivity (Wildman–Crippen MR) is 80.9 cm³/mol. The second-order valence-corrected chi connectivity index (χ2v) is 5.33. The molecule has 3 N–H and O–H groups in total. The molecule has 0 aliphatic heterocycles. The van der Waals surface area contributed by atoms with Gasteiger partial charge in [0.25, 0.3) is 0 Å². The Morgan fingerprint density at radius 3 is 2.67 bits per heavy atom. The largest absolute Gasteiger partial charge is 0.424 e. The van der Waals surface area contributed by atoms with E-state index in [0.29, 0.717) is 5.69 Å². The average Bonchev–Trinajstić information content (AvgIpc) is 2.46.